The van der Waals surface area contributed by atoms with Crippen LogP contribution in [0.3, 0.4) is 0 Å². The number of ether oxygens (including phenoxy) is 1. The van der Waals surface area contributed by atoms with Crippen LogP contribution in [0.4, 0.5) is 4.39 Å². The van der Waals surface area contributed by atoms with Crippen molar-refractivity contribution in [3.8, 4) is 6.01 Å². The molecule has 2 aromatic rings. The van der Waals surface area contributed by atoms with E-state index in [1.165, 1.54) is 12.1 Å². The summed E-state index contributed by atoms with van der Waals surface area (Å²) < 4.78 is 19.0. The van der Waals surface area contributed by atoms with Gasteiger partial charge in [-0.15, -0.1) is 0 Å². The van der Waals surface area contributed by atoms with Gasteiger partial charge in [0, 0.05) is 17.4 Å². The van der Waals surface area contributed by atoms with Gasteiger partial charge in [-0.05, 0) is 63.8 Å². The molecule has 26 heavy (non-hydrogen) atoms. The van der Waals surface area contributed by atoms with Gasteiger partial charge in [0.05, 0.1) is 10.6 Å². The summed E-state index contributed by atoms with van der Waals surface area (Å²) in [5, 5.41) is 3.08. The molecule has 0 radical (unpaired) electrons. The van der Waals surface area contributed by atoms with Gasteiger partial charge in [0.25, 0.3) is 5.91 Å². The molecule has 7 heteroatoms. The van der Waals surface area contributed by atoms with Crippen molar-refractivity contribution in [3.63, 3.8) is 0 Å². The maximum atomic E-state index is 13.1. The number of nitrogens with zero attached hydrogens (tertiary/aromatic N) is 2. The first kappa shape index (κ1) is 18.6. The Hall–Kier alpha value is -2.21. The average molecular weight is 378 g/mol. The normalized spacial score (nSPS) is 19.8. The summed E-state index contributed by atoms with van der Waals surface area (Å²) in [7, 11) is 0. The Kier molecular flexibility index (Phi) is 5.71. The molecular formula is C19H21ClFN3O2. The number of hydrogen-bond acceptors (Lipinski definition) is 4. The summed E-state index contributed by atoms with van der Waals surface area (Å²) >= 11 is 5.95. The van der Waals surface area contributed by atoms with E-state index in [1.807, 2.05) is 19.9 Å². The van der Waals surface area contributed by atoms with Crippen molar-refractivity contribution in [1.29, 1.82) is 0 Å². The minimum absolute atomic E-state index is 0.0405. The molecule has 1 aliphatic rings. The van der Waals surface area contributed by atoms with Crippen LogP contribution in [0.1, 0.15) is 47.4 Å². The maximum absolute atomic E-state index is 13.1. The SMILES string of the molecule is Cc1cc(C)nc(OC2CCC(NC(=O)c3ccc(F)cc3Cl)CC2)n1. The van der Waals surface area contributed by atoms with Crippen LogP contribution in [0.5, 0.6) is 6.01 Å². The third-order valence-corrected chi connectivity index (χ3v) is 4.73. The maximum Gasteiger partial charge on any atom is 0.317 e. The van der Waals surface area contributed by atoms with E-state index in [0.717, 1.165) is 43.1 Å². The topological polar surface area (TPSA) is 64.1 Å². The van der Waals surface area contributed by atoms with Crippen molar-refractivity contribution in [3.05, 3.63) is 52.1 Å². The Morgan fingerprint density at radius 3 is 2.42 bits per heavy atom. The Balaban J connectivity index is 1.52. The second-order valence-corrected chi connectivity index (χ2v) is 7.03. The van der Waals surface area contributed by atoms with Crippen LogP contribution in [0, 0.1) is 19.7 Å². The summed E-state index contributed by atoms with van der Waals surface area (Å²) in [6, 6.07) is 6.14. The number of benzene rings is 1. The van der Waals surface area contributed by atoms with Crippen LogP contribution in [-0.2, 0) is 0 Å². The van der Waals surface area contributed by atoms with E-state index in [4.69, 9.17) is 16.3 Å². The molecule has 1 aromatic heterocycles. The fraction of sp³-hybridized carbons (Fsp3) is 0.421. The van der Waals surface area contributed by atoms with Gasteiger partial charge in [-0.3, -0.25) is 4.79 Å². The lowest BCUT2D eigenvalue weighted by Gasteiger charge is -2.29. The zero-order valence-corrected chi connectivity index (χ0v) is 15.5. The van der Waals surface area contributed by atoms with E-state index in [-0.39, 0.29) is 28.6 Å². The molecule has 0 saturated heterocycles. The van der Waals surface area contributed by atoms with Crippen LogP contribution in [0.15, 0.2) is 24.3 Å². The van der Waals surface area contributed by atoms with E-state index in [2.05, 4.69) is 15.3 Å². The van der Waals surface area contributed by atoms with Crippen LogP contribution in [0.25, 0.3) is 0 Å². The molecule has 0 unspecified atom stereocenters. The van der Waals surface area contributed by atoms with Crippen LogP contribution in [0.2, 0.25) is 5.02 Å². The number of aryl methyl sites for hydroxylation is 2. The Bertz CT molecular complexity index is 787. The number of nitrogens with one attached hydrogen (secondary N) is 1. The smallest absolute Gasteiger partial charge is 0.317 e. The van der Waals surface area contributed by atoms with Crippen molar-refractivity contribution >= 4 is 17.5 Å². The summed E-state index contributed by atoms with van der Waals surface area (Å²) in [6.45, 7) is 3.82. The fourth-order valence-corrected chi connectivity index (χ4v) is 3.41. The summed E-state index contributed by atoms with van der Waals surface area (Å²) in [6.07, 6.45) is 3.23. The minimum atomic E-state index is -0.460. The first-order chi connectivity index (χ1) is 12.4. The quantitative estimate of drug-likeness (QED) is 0.874. The Morgan fingerprint density at radius 2 is 1.81 bits per heavy atom. The Labute approximate surface area is 157 Å². The van der Waals surface area contributed by atoms with Gasteiger partial charge in [-0.25, -0.2) is 14.4 Å². The first-order valence-electron chi connectivity index (χ1n) is 8.65. The van der Waals surface area contributed by atoms with E-state index in [9.17, 15) is 9.18 Å². The molecule has 1 saturated carbocycles. The van der Waals surface area contributed by atoms with E-state index in [0.29, 0.717) is 6.01 Å². The van der Waals surface area contributed by atoms with Gasteiger partial charge in [0.1, 0.15) is 11.9 Å². The second kappa shape index (κ2) is 7.99. The highest BCUT2D eigenvalue weighted by molar-refractivity contribution is 6.33. The largest absolute Gasteiger partial charge is 0.460 e. The van der Waals surface area contributed by atoms with Crippen molar-refractivity contribution < 1.29 is 13.9 Å². The van der Waals surface area contributed by atoms with Crippen molar-refractivity contribution in [2.75, 3.05) is 0 Å². The average Bonchev–Trinajstić information content (AvgIpc) is 2.55. The highest BCUT2D eigenvalue weighted by Crippen LogP contribution is 2.24. The van der Waals surface area contributed by atoms with E-state index in [1.54, 1.807) is 0 Å². The molecule has 1 N–H and O–H groups in total. The summed E-state index contributed by atoms with van der Waals surface area (Å²) in [5.41, 5.74) is 2.05. The lowest BCUT2D eigenvalue weighted by atomic mass is 9.92. The third-order valence-electron chi connectivity index (χ3n) is 4.42. The molecule has 1 aromatic carbocycles. The predicted molar refractivity (Wildman–Crippen MR) is 97.1 cm³/mol. The Morgan fingerprint density at radius 1 is 1.15 bits per heavy atom. The monoisotopic (exact) mass is 377 g/mol. The van der Waals surface area contributed by atoms with Crippen LogP contribution in [-0.4, -0.2) is 28.0 Å². The molecule has 0 spiro atoms. The lowest BCUT2D eigenvalue weighted by Crippen LogP contribution is -2.40. The molecular weight excluding hydrogens is 357 g/mol. The number of halogens is 2. The van der Waals surface area contributed by atoms with Gasteiger partial charge in [0.2, 0.25) is 0 Å². The summed E-state index contributed by atoms with van der Waals surface area (Å²) in [5.74, 6) is -0.741. The van der Waals surface area contributed by atoms with Crippen molar-refractivity contribution in [2.24, 2.45) is 0 Å². The number of aromatic nitrogens is 2. The highest BCUT2D eigenvalue weighted by atomic mass is 35.5. The third kappa shape index (κ3) is 4.69. The molecule has 0 bridgehead atoms. The summed E-state index contributed by atoms with van der Waals surface area (Å²) in [4.78, 5) is 20.9. The predicted octanol–water partition coefficient (Wildman–Crippen LogP) is 4.01. The molecule has 0 aliphatic heterocycles. The first-order valence-corrected chi connectivity index (χ1v) is 9.03. The van der Waals surface area contributed by atoms with E-state index >= 15 is 0 Å². The number of hydrogen-bond donors (Lipinski definition) is 1. The molecule has 1 aliphatic carbocycles. The molecule has 1 fully saturated rings. The number of amides is 1. The highest BCUT2D eigenvalue weighted by Gasteiger charge is 2.25. The van der Waals surface area contributed by atoms with Gasteiger partial charge < -0.3 is 10.1 Å². The molecule has 1 amide bonds. The number of rotatable bonds is 4. The van der Waals surface area contributed by atoms with Gasteiger partial charge >= 0.3 is 6.01 Å². The van der Waals surface area contributed by atoms with Crippen LogP contribution >= 0.6 is 11.6 Å². The zero-order chi connectivity index (χ0) is 18.7. The number of carbonyl (C=O) groups is 1. The molecule has 5 nitrogen and oxygen atoms in total. The lowest BCUT2D eigenvalue weighted by molar-refractivity contribution is 0.0884. The number of carbonyl (C=O) groups excluding carboxylic acids is 1. The molecule has 138 valence electrons. The zero-order valence-electron chi connectivity index (χ0n) is 14.8. The standard InChI is InChI=1S/C19H21ClFN3O2/c1-11-9-12(2)23-19(22-11)26-15-6-4-14(5-7-15)24-18(25)16-8-3-13(21)10-17(16)20/h3,8-10,14-15H,4-7H2,1-2H3,(H,24,25). The van der Waals surface area contributed by atoms with Gasteiger partial charge in [-0.1, -0.05) is 11.6 Å². The van der Waals surface area contributed by atoms with Crippen LogP contribution < -0.4 is 10.1 Å². The van der Waals surface area contributed by atoms with Crippen molar-refractivity contribution in [2.45, 2.75) is 51.7 Å². The molecule has 1 heterocycles. The minimum Gasteiger partial charge on any atom is -0.460 e. The second-order valence-electron chi connectivity index (χ2n) is 6.62. The molecule has 0 atom stereocenters. The molecule has 3 rings (SSSR count). The van der Waals surface area contributed by atoms with Crippen molar-refractivity contribution in [1.82, 2.24) is 15.3 Å². The fourth-order valence-electron chi connectivity index (χ4n) is 3.16. The van der Waals surface area contributed by atoms with E-state index < -0.39 is 5.82 Å². The van der Waals surface area contributed by atoms with Gasteiger partial charge in [-0.2, -0.15) is 0 Å². The van der Waals surface area contributed by atoms with Gasteiger partial charge in [0.15, 0.2) is 0 Å².